The first-order chi connectivity index (χ1) is 7.75. The fourth-order valence-corrected chi connectivity index (χ4v) is 1.81. The highest BCUT2D eigenvalue weighted by atomic mass is 15.3. The second kappa shape index (κ2) is 4.84. The van der Waals surface area contributed by atoms with Gasteiger partial charge in [-0.1, -0.05) is 12.1 Å². The van der Waals surface area contributed by atoms with Crippen LogP contribution in [-0.4, -0.2) is 9.78 Å². The minimum absolute atomic E-state index is 0.841. The van der Waals surface area contributed by atoms with Crippen LogP contribution in [0.3, 0.4) is 0 Å². The number of nitrogens with zero attached hydrogens (tertiary/aromatic N) is 2. The van der Waals surface area contributed by atoms with Crippen molar-refractivity contribution in [3.05, 3.63) is 47.8 Å². The Hall–Kier alpha value is -1.77. The Morgan fingerprint density at radius 2 is 2.19 bits per heavy atom. The Morgan fingerprint density at radius 1 is 1.31 bits per heavy atom. The Morgan fingerprint density at radius 3 is 2.88 bits per heavy atom. The zero-order valence-corrected chi connectivity index (χ0v) is 9.56. The van der Waals surface area contributed by atoms with E-state index in [1.54, 1.807) is 0 Å². The van der Waals surface area contributed by atoms with Gasteiger partial charge in [-0.05, 0) is 43.5 Å². The second-order valence-corrected chi connectivity index (χ2v) is 4.04. The lowest BCUT2D eigenvalue weighted by Crippen LogP contribution is -2.03. The van der Waals surface area contributed by atoms with Gasteiger partial charge in [0.15, 0.2) is 0 Å². The number of hydrogen-bond acceptors (Lipinski definition) is 2. The molecule has 0 aliphatic rings. The van der Waals surface area contributed by atoms with Crippen molar-refractivity contribution in [1.29, 1.82) is 0 Å². The third-order valence-electron chi connectivity index (χ3n) is 2.72. The zero-order valence-electron chi connectivity index (χ0n) is 9.56. The van der Waals surface area contributed by atoms with Crippen molar-refractivity contribution in [1.82, 2.24) is 9.78 Å². The van der Waals surface area contributed by atoms with Crippen molar-refractivity contribution in [2.45, 2.75) is 26.3 Å². The van der Waals surface area contributed by atoms with Crippen LogP contribution in [0.15, 0.2) is 36.5 Å². The molecule has 0 fully saturated rings. The van der Waals surface area contributed by atoms with Gasteiger partial charge in [-0.25, -0.2) is 0 Å². The smallest absolute Gasteiger partial charge is 0.0492 e. The number of nitrogen functional groups attached to an aromatic ring is 1. The molecule has 2 rings (SSSR count). The van der Waals surface area contributed by atoms with Crippen LogP contribution in [0.2, 0.25) is 0 Å². The summed E-state index contributed by atoms with van der Waals surface area (Å²) in [6.07, 6.45) is 3.98. The van der Waals surface area contributed by atoms with Gasteiger partial charge in [-0.3, -0.25) is 4.68 Å². The van der Waals surface area contributed by atoms with E-state index in [9.17, 15) is 0 Å². The Balaban J connectivity index is 1.87. The molecule has 16 heavy (non-hydrogen) atoms. The van der Waals surface area contributed by atoms with Gasteiger partial charge in [0.05, 0.1) is 0 Å². The van der Waals surface area contributed by atoms with Gasteiger partial charge in [0.25, 0.3) is 0 Å². The number of rotatable bonds is 4. The summed E-state index contributed by atoms with van der Waals surface area (Å²) in [5.41, 5.74) is 9.08. The fourth-order valence-electron chi connectivity index (χ4n) is 1.81. The topological polar surface area (TPSA) is 43.8 Å². The van der Waals surface area contributed by atoms with Crippen LogP contribution < -0.4 is 5.73 Å². The summed E-state index contributed by atoms with van der Waals surface area (Å²) in [6.45, 7) is 3.04. The van der Waals surface area contributed by atoms with Gasteiger partial charge in [0.2, 0.25) is 0 Å². The first-order valence-electron chi connectivity index (χ1n) is 5.58. The summed E-state index contributed by atoms with van der Waals surface area (Å²) >= 11 is 0. The monoisotopic (exact) mass is 215 g/mol. The molecule has 1 heterocycles. The standard InChI is InChI=1S/C13H17N3/c1-11-7-8-15-16(11)9-3-5-12-4-2-6-13(14)10-12/h2,4,6-8,10H,3,5,9,14H2,1H3. The van der Waals surface area contributed by atoms with Gasteiger partial charge in [-0.15, -0.1) is 0 Å². The third kappa shape index (κ3) is 2.63. The number of anilines is 1. The van der Waals surface area contributed by atoms with E-state index in [0.29, 0.717) is 0 Å². The van der Waals surface area contributed by atoms with Crippen LogP contribution in [0.5, 0.6) is 0 Å². The molecule has 3 heteroatoms. The molecule has 2 N–H and O–H groups in total. The molecule has 84 valence electrons. The van der Waals surface area contributed by atoms with Crippen LogP contribution in [-0.2, 0) is 13.0 Å². The summed E-state index contributed by atoms with van der Waals surface area (Å²) in [7, 11) is 0. The summed E-state index contributed by atoms with van der Waals surface area (Å²) in [4.78, 5) is 0. The van der Waals surface area contributed by atoms with Crippen molar-refractivity contribution in [3.63, 3.8) is 0 Å². The van der Waals surface area contributed by atoms with Gasteiger partial charge in [0, 0.05) is 24.1 Å². The number of aromatic nitrogens is 2. The molecule has 2 aromatic rings. The van der Waals surface area contributed by atoms with Crippen LogP contribution in [0.4, 0.5) is 5.69 Å². The molecule has 0 unspecified atom stereocenters. The van der Waals surface area contributed by atoms with E-state index in [0.717, 1.165) is 25.1 Å². The highest BCUT2D eigenvalue weighted by Gasteiger charge is 1.98. The average molecular weight is 215 g/mol. The molecule has 3 nitrogen and oxygen atoms in total. The quantitative estimate of drug-likeness (QED) is 0.796. The molecule has 0 saturated heterocycles. The minimum atomic E-state index is 0.841. The van der Waals surface area contributed by atoms with E-state index in [1.807, 2.05) is 35.1 Å². The molecule has 0 bridgehead atoms. The third-order valence-corrected chi connectivity index (χ3v) is 2.72. The molecule has 0 saturated carbocycles. The van der Waals surface area contributed by atoms with Crippen molar-refractivity contribution >= 4 is 5.69 Å². The maximum Gasteiger partial charge on any atom is 0.0492 e. The second-order valence-electron chi connectivity index (χ2n) is 4.04. The largest absolute Gasteiger partial charge is 0.399 e. The highest BCUT2D eigenvalue weighted by Crippen LogP contribution is 2.09. The summed E-state index contributed by atoms with van der Waals surface area (Å²) in [5.74, 6) is 0. The Kier molecular flexibility index (Phi) is 3.25. The van der Waals surface area contributed by atoms with Gasteiger partial charge >= 0.3 is 0 Å². The van der Waals surface area contributed by atoms with Gasteiger partial charge in [-0.2, -0.15) is 5.10 Å². The van der Waals surface area contributed by atoms with E-state index in [2.05, 4.69) is 18.1 Å². The van der Waals surface area contributed by atoms with Crippen LogP contribution in [0.25, 0.3) is 0 Å². The van der Waals surface area contributed by atoms with E-state index >= 15 is 0 Å². The SMILES string of the molecule is Cc1ccnn1CCCc1cccc(N)c1. The van der Waals surface area contributed by atoms with Gasteiger partial charge in [0.1, 0.15) is 0 Å². The first kappa shape index (κ1) is 10.7. The number of hydrogen-bond donors (Lipinski definition) is 1. The predicted molar refractivity (Wildman–Crippen MR) is 66.1 cm³/mol. The Bertz CT molecular complexity index is 460. The Labute approximate surface area is 95.9 Å². The lowest BCUT2D eigenvalue weighted by atomic mass is 10.1. The highest BCUT2D eigenvalue weighted by molar-refractivity contribution is 5.40. The van der Waals surface area contributed by atoms with Crippen molar-refractivity contribution in [2.24, 2.45) is 0 Å². The lowest BCUT2D eigenvalue weighted by molar-refractivity contribution is 0.565. The zero-order chi connectivity index (χ0) is 11.4. The number of aryl methyl sites for hydroxylation is 3. The van der Waals surface area contributed by atoms with E-state index in [4.69, 9.17) is 5.73 Å². The normalized spacial score (nSPS) is 10.6. The minimum Gasteiger partial charge on any atom is -0.399 e. The molecule has 0 spiro atoms. The van der Waals surface area contributed by atoms with Crippen LogP contribution >= 0.6 is 0 Å². The molecule has 0 aliphatic carbocycles. The maximum absolute atomic E-state index is 5.73. The number of nitrogens with two attached hydrogens (primary N) is 1. The van der Waals surface area contributed by atoms with Crippen LogP contribution in [0, 0.1) is 6.92 Å². The molecular formula is C13H17N3. The first-order valence-corrected chi connectivity index (χ1v) is 5.58. The molecule has 0 radical (unpaired) electrons. The van der Waals surface area contributed by atoms with E-state index in [-0.39, 0.29) is 0 Å². The average Bonchev–Trinajstić information content (AvgIpc) is 2.65. The molecule has 0 amide bonds. The molecule has 0 atom stereocenters. The van der Waals surface area contributed by atoms with Crippen molar-refractivity contribution in [2.75, 3.05) is 5.73 Å². The van der Waals surface area contributed by atoms with Crippen LogP contribution in [0.1, 0.15) is 17.7 Å². The molecule has 0 aliphatic heterocycles. The van der Waals surface area contributed by atoms with Crippen molar-refractivity contribution in [3.8, 4) is 0 Å². The number of benzene rings is 1. The molecule has 1 aromatic heterocycles. The summed E-state index contributed by atoms with van der Waals surface area (Å²) in [6, 6.07) is 10.1. The lowest BCUT2D eigenvalue weighted by Gasteiger charge is -2.05. The molecular weight excluding hydrogens is 198 g/mol. The summed E-state index contributed by atoms with van der Waals surface area (Å²) < 4.78 is 2.03. The van der Waals surface area contributed by atoms with E-state index in [1.165, 1.54) is 11.3 Å². The van der Waals surface area contributed by atoms with E-state index < -0.39 is 0 Å². The van der Waals surface area contributed by atoms with Crippen molar-refractivity contribution < 1.29 is 0 Å². The summed E-state index contributed by atoms with van der Waals surface area (Å²) in [5, 5.41) is 4.26. The van der Waals surface area contributed by atoms with Gasteiger partial charge < -0.3 is 5.73 Å². The maximum atomic E-state index is 5.73. The predicted octanol–water partition coefficient (Wildman–Crippen LogP) is 2.41. The fraction of sp³-hybridized carbons (Fsp3) is 0.308. The molecule has 1 aromatic carbocycles.